The van der Waals surface area contributed by atoms with Crippen LogP contribution in [0.15, 0.2) is 88.3 Å². The van der Waals surface area contributed by atoms with E-state index in [2.05, 4.69) is 24.3 Å². The topological polar surface area (TPSA) is 20.2 Å². The number of halogens is 1. The van der Waals surface area contributed by atoms with Crippen LogP contribution in [-0.4, -0.2) is 5.11 Å². The maximum atomic E-state index is 13.4. The van der Waals surface area contributed by atoms with Crippen molar-refractivity contribution < 1.29 is 9.50 Å². The summed E-state index contributed by atoms with van der Waals surface area (Å²) in [6.07, 6.45) is 1.55. The highest BCUT2D eigenvalue weighted by Crippen LogP contribution is 2.48. The molecule has 0 fully saturated rings. The summed E-state index contributed by atoms with van der Waals surface area (Å²) in [5.41, 5.74) is 2.17. The van der Waals surface area contributed by atoms with E-state index in [1.165, 1.54) is 4.90 Å². The van der Waals surface area contributed by atoms with Crippen molar-refractivity contribution in [3.63, 3.8) is 0 Å². The molecule has 3 aromatic rings. The van der Waals surface area contributed by atoms with Crippen LogP contribution in [0.5, 0.6) is 5.75 Å². The van der Waals surface area contributed by atoms with Gasteiger partial charge >= 0.3 is 0 Å². The standard InChI is InChI=1S/C20H15FOS/c21-15-11-12-23(13-15)20-10-9-17(14-5-7-16(22)8-6-14)18-3-1-2-4-19(18)20/h1-13,22-23H. The van der Waals surface area contributed by atoms with Crippen molar-refractivity contribution in [2.24, 2.45) is 0 Å². The molecule has 1 aliphatic heterocycles. The fourth-order valence-corrected chi connectivity index (χ4v) is 4.68. The van der Waals surface area contributed by atoms with Crippen molar-refractivity contribution in [2.75, 3.05) is 0 Å². The molecule has 0 spiro atoms. The molecule has 1 atom stereocenters. The molecule has 0 aliphatic carbocycles. The number of rotatable bonds is 2. The second-order valence-electron chi connectivity index (χ2n) is 5.46. The number of phenolic OH excluding ortho intramolecular Hbond substituents is 1. The Kier molecular flexibility index (Phi) is 3.43. The molecule has 0 saturated carbocycles. The van der Waals surface area contributed by atoms with Gasteiger partial charge in [-0.3, -0.25) is 0 Å². The molecular formula is C20H15FOS. The minimum atomic E-state index is -0.723. The molecule has 0 aromatic heterocycles. The first kappa shape index (κ1) is 14.1. The number of allylic oxidation sites excluding steroid dienone is 2. The number of fused-ring (bicyclic) bond motifs is 1. The van der Waals surface area contributed by atoms with Gasteiger partial charge in [0, 0.05) is 4.90 Å². The van der Waals surface area contributed by atoms with Gasteiger partial charge in [0.05, 0.1) is 0 Å². The lowest BCUT2D eigenvalue weighted by Gasteiger charge is -2.16. The smallest absolute Gasteiger partial charge is 0.128 e. The third kappa shape index (κ3) is 2.53. The summed E-state index contributed by atoms with van der Waals surface area (Å²) in [4.78, 5) is 1.17. The van der Waals surface area contributed by atoms with Crippen LogP contribution in [0, 0.1) is 0 Å². The molecule has 1 heterocycles. The lowest BCUT2D eigenvalue weighted by atomic mass is 9.98. The van der Waals surface area contributed by atoms with Crippen molar-refractivity contribution in [1.29, 1.82) is 0 Å². The quantitative estimate of drug-likeness (QED) is 0.562. The van der Waals surface area contributed by atoms with E-state index in [0.29, 0.717) is 0 Å². The molecule has 0 radical (unpaired) electrons. The largest absolute Gasteiger partial charge is 0.508 e. The summed E-state index contributed by atoms with van der Waals surface area (Å²) in [5, 5.41) is 15.4. The molecule has 1 unspecified atom stereocenters. The van der Waals surface area contributed by atoms with Crippen molar-refractivity contribution >= 4 is 21.7 Å². The third-order valence-corrected chi connectivity index (χ3v) is 5.96. The van der Waals surface area contributed by atoms with Gasteiger partial charge in [0.15, 0.2) is 0 Å². The van der Waals surface area contributed by atoms with Crippen LogP contribution < -0.4 is 0 Å². The van der Waals surface area contributed by atoms with Crippen molar-refractivity contribution in [3.05, 3.63) is 83.4 Å². The van der Waals surface area contributed by atoms with E-state index in [1.54, 1.807) is 23.6 Å². The van der Waals surface area contributed by atoms with Crippen LogP contribution in [-0.2, 0) is 0 Å². The molecule has 1 aliphatic rings. The van der Waals surface area contributed by atoms with E-state index >= 15 is 0 Å². The molecule has 0 amide bonds. The normalized spacial score (nSPS) is 18.3. The maximum absolute atomic E-state index is 13.4. The third-order valence-electron chi connectivity index (χ3n) is 4.01. The Hall–Kier alpha value is -2.52. The number of hydrogen-bond donors (Lipinski definition) is 2. The van der Waals surface area contributed by atoms with Crippen LogP contribution in [0.3, 0.4) is 0 Å². The van der Waals surface area contributed by atoms with Gasteiger partial charge in [-0.15, -0.1) is 0 Å². The second kappa shape index (κ2) is 5.60. The highest BCUT2D eigenvalue weighted by atomic mass is 32.2. The number of phenols is 1. The first-order chi connectivity index (χ1) is 11.2. The fourth-order valence-electron chi connectivity index (χ4n) is 2.92. The zero-order valence-corrected chi connectivity index (χ0v) is 13.2. The number of hydrogen-bond acceptors (Lipinski definition) is 1. The summed E-state index contributed by atoms with van der Waals surface area (Å²) in [6, 6.07) is 19.6. The van der Waals surface area contributed by atoms with Crippen molar-refractivity contribution in [2.45, 2.75) is 4.90 Å². The lowest BCUT2D eigenvalue weighted by Crippen LogP contribution is -1.85. The highest BCUT2D eigenvalue weighted by molar-refractivity contribution is 8.22. The zero-order valence-electron chi connectivity index (χ0n) is 12.3. The monoisotopic (exact) mass is 322 g/mol. The van der Waals surface area contributed by atoms with Crippen LogP contribution >= 0.6 is 10.9 Å². The summed E-state index contributed by atoms with van der Waals surface area (Å²) >= 11 is 0. The van der Waals surface area contributed by atoms with Crippen LogP contribution in [0.25, 0.3) is 21.9 Å². The molecule has 1 nitrogen and oxygen atoms in total. The van der Waals surface area contributed by atoms with E-state index in [9.17, 15) is 9.50 Å². The van der Waals surface area contributed by atoms with Gasteiger partial charge in [-0.25, -0.2) is 4.39 Å². The second-order valence-corrected chi connectivity index (χ2v) is 7.31. The molecule has 1 N–H and O–H groups in total. The van der Waals surface area contributed by atoms with Gasteiger partial charge in [-0.2, -0.15) is 10.9 Å². The van der Waals surface area contributed by atoms with E-state index in [0.717, 1.165) is 21.9 Å². The number of thiol groups is 1. The Morgan fingerprint density at radius 1 is 0.826 bits per heavy atom. The molecule has 23 heavy (non-hydrogen) atoms. The Balaban J connectivity index is 1.92. The average Bonchev–Trinajstić information content (AvgIpc) is 3.01. The number of benzene rings is 3. The molecule has 0 bridgehead atoms. The Bertz CT molecular complexity index is 942. The first-order valence-electron chi connectivity index (χ1n) is 7.37. The Morgan fingerprint density at radius 3 is 2.26 bits per heavy atom. The Labute approximate surface area is 136 Å². The zero-order chi connectivity index (χ0) is 15.8. The summed E-state index contributed by atoms with van der Waals surface area (Å²) in [6.45, 7) is 0. The van der Waals surface area contributed by atoms with Gasteiger partial charge in [-0.05, 0) is 57.0 Å². The maximum Gasteiger partial charge on any atom is 0.128 e. The molecule has 3 aromatic carbocycles. The van der Waals surface area contributed by atoms with Crippen LogP contribution in [0.2, 0.25) is 0 Å². The predicted molar refractivity (Wildman–Crippen MR) is 96.6 cm³/mol. The minimum Gasteiger partial charge on any atom is -0.508 e. The SMILES string of the molecule is Oc1ccc(-c2ccc([SH]3C=CC(F)=C3)c3ccccc23)cc1. The summed E-state index contributed by atoms with van der Waals surface area (Å²) < 4.78 is 13.4. The molecule has 3 heteroatoms. The molecule has 4 rings (SSSR count). The lowest BCUT2D eigenvalue weighted by molar-refractivity contribution is 0.475. The van der Waals surface area contributed by atoms with Gasteiger partial charge in [0.25, 0.3) is 0 Å². The summed E-state index contributed by atoms with van der Waals surface area (Å²) in [5.74, 6) is 0.109. The first-order valence-corrected chi connectivity index (χ1v) is 8.85. The van der Waals surface area contributed by atoms with Crippen molar-refractivity contribution in [1.82, 2.24) is 0 Å². The average molecular weight is 322 g/mol. The minimum absolute atomic E-state index is 0.150. The van der Waals surface area contributed by atoms with Gasteiger partial charge < -0.3 is 5.11 Å². The van der Waals surface area contributed by atoms with E-state index in [-0.39, 0.29) is 11.6 Å². The van der Waals surface area contributed by atoms with Gasteiger partial charge in [0.2, 0.25) is 0 Å². The number of aromatic hydroxyl groups is 1. The van der Waals surface area contributed by atoms with E-state index in [1.807, 2.05) is 29.7 Å². The van der Waals surface area contributed by atoms with Crippen LogP contribution in [0.4, 0.5) is 4.39 Å². The predicted octanol–water partition coefficient (Wildman–Crippen LogP) is 5.91. The van der Waals surface area contributed by atoms with Gasteiger partial charge in [-0.1, -0.05) is 42.5 Å². The molecule has 114 valence electrons. The highest BCUT2D eigenvalue weighted by Gasteiger charge is 2.13. The van der Waals surface area contributed by atoms with Crippen molar-refractivity contribution in [3.8, 4) is 16.9 Å². The van der Waals surface area contributed by atoms with E-state index < -0.39 is 10.9 Å². The fraction of sp³-hybridized carbons (Fsp3) is 0. The Morgan fingerprint density at radius 2 is 1.57 bits per heavy atom. The van der Waals surface area contributed by atoms with Gasteiger partial charge in [0.1, 0.15) is 11.6 Å². The van der Waals surface area contributed by atoms with E-state index in [4.69, 9.17) is 0 Å². The molecule has 0 saturated heterocycles. The van der Waals surface area contributed by atoms with Crippen LogP contribution in [0.1, 0.15) is 0 Å². The summed E-state index contributed by atoms with van der Waals surface area (Å²) in [7, 11) is -0.723. The molecular weight excluding hydrogens is 307 g/mol.